The molecule has 1 saturated heterocycles. The summed E-state index contributed by atoms with van der Waals surface area (Å²) in [5.41, 5.74) is 6.50. The quantitative estimate of drug-likeness (QED) is 0.695. The van der Waals surface area contributed by atoms with Crippen molar-refractivity contribution in [2.24, 2.45) is 5.73 Å². The molecule has 5 heteroatoms. The summed E-state index contributed by atoms with van der Waals surface area (Å²) in [6.45, 7) is 0.458. The van der Waals surface area contributed by atoms with Crippen molar-refractivity contribution in [2.75, 3.05) is 11.4 Å². The van der Waals surface area contributed by atoms with E-state index in [1.54, 1.807) is 12.1 Å². The fraction of sp³-hybridized carbons (Fsp3) is 0.300. The second-order valence-electron chi connectivity index (χ2n) is 3.45. The summed E-state index contributed by atoms with van der Waals surface area (Å²) < 4.78 is 0. The minimum absolute atomic E-state index is 0.0491. The van der Waals surface area contributed by atoms with Crippen LogP contribution in [0.1, 0.15) is 12.1 Å². The highest BCUT2D eigenvalue weighted by atomic mass is 16.2. The van der Waals surface area contributed by atoms with E-state index in [2.05, 4.69) is 4.98 Å². The Morgan fingerprint density at radius 3 is 3.07 bits per heavy atom. The number of amides is 1. The highest BCUT2D eigenvalue weighted by Gasteiger charge is 2.29. The molecule has 0 saturated carbocycles. The first-order valence-corrected chi connectivity index (χ1v) is 4.63. The molecule has 0 aliphatic carbocycles. The number of carbonyl (C=O) groups is 1. The average molecular weight is 202 g/mol. The van der Waals surface area contributed by atoms with Gasteiger partial charge in [0.15, 0.2) is 5.69 Å². The van der Waals surface area contributed by atoms with Crippen molar-refractivity contribution in [3.8, 4) is 6.07 Å². The zero-order valence-electron chi connectivity index (χ0n) is 8.05. The number of nitrogens with two attached hydrogens (primary N) is 1. The van der Waals surface area contributed by atoms with E-state index in [0.29, 0.717) is 18.7 Å². The first kappa shape index (κ1) is 9.62. The first-order valence-electron chi connectivity index (χ1n) is 4.63. The minimum atomic E-state index is -0.149. The smallest absolute Gasteiger partial charge is 0.228 e. The van der Waals surface area contributed by atoms with Gasteiger partial charge in [-0.1, -0.05) is 0 Å². The van der Waals surface area contributed by atoms with Crippen molar-refractivity contribution in [1.29, 1.82) is 5.26 Å². The van der Waals surface area contributed by atoms with Gasteiger partial charge in [0.25, 0.3) is 0 Å². The van der Waals surface area contributed by atoms with Crippen LogP contribution in [-0.2, 0) is 4.79 Å². The zero-order valence-corrected chi connectivity index (χ0v) is 8.05. The average Bonchev–Trinajstić information content (AvgIpc) is 2.57. The summed E-state index contributed by atoms with van der Waals surface area (Å²) in [4.78, 5) is 17.0. The lowest BCUT2D eigenvalue weighted by Crippen LogP contribution is -2.28. The Hall–Kier alpha value is -1.93. The lowest BCUT2D eigenvalue weighted by Gasteiger charge is -2.16. The molecular formula is C10H10N4O. The van der Waals surface area contributed by atoms with E-state index in [1.807, 2.05) is 6.07 Å². The number of nitrogens with zero attached hydrogens (tertiary/aromatic N) is 3. The van der Waals surface area contributed by atoms with Gasteiger partial charge in [0, 0.05) is 25.2 Å². The van der Waals surface area contributed by atoms with Gasteiger partial charge in [-0.3, -0.25) is 4.79 Å². The monoisotopic (exact) mass is 202 g/mol. The maximum Gasteiger partial charge on any atom is 0.228 e. The van der Waals surface area contributed by atoms with Crippen molar-refractivity contribution in [1.82, 2.24) is 4.98 Å². The van der Waals surface area contributed by atoms with Gasteiger partial charge in [-0.25, -0.2) is 4.98 Å². The van der Waals surface area contributed by atoms with E-state index in [9.17, 15) is 4.79 Å². The Bertz CT molecular complexity index is 437. The molecule has 1 aliphatic rings. The van der Waals surface area contributed by atoms with Gasteiger partial charge < -0.3 is 10.6 Å². The number of carbonyl (C=O) groups excluding carboxylic acids is 1. The van der Waals surface area contributed by atoms with Crippen molar-refractivity contribution < 1.29 is 4.79 Å². The number of hydrogen-bond acceptors (Lipinski definition) is 4. The maximum atomic E-state index is 11.6. The Balaban J connectivity index is 2.38. The minimum Gasteiger partial charge on any atom is -0.326 e. The van der Waals surface area contributed by atoms with Crippen LogP contribution in [0.25, 0.3) is 0 Å². The highest BCUT2D eigenvalue weighted by Crippen LogP contribution is 2.22. The third-order valence-electron chi connectivity index (χ3n) is 2.34. The van der Waals surface area contributed by atoms with Gasteiger partial charge in [-0.2, -0.15) is 5.26 Å². The fourth-order valence-electron chi connectivity index (χ4n) is 1.67. The van der Waals surface area contributed by atoms with Crippen LogP contribution in [0.2, 0.25) is 0 Å². The van der Waals surface area contributed by atoms with Gasteiger partial charge in [0.2, 0.25) is 5.91 Å². The van der Waals surface area contributed by atoms with Crippen molar-refractivity contribution in [3.63, 3.8) is 0 Å². The Labute approximate surface area is 87.1 Å². The molecule has 5 nitrogen and oxygen atoms in total. The predicted molar refractivity (Wildman–Crippen MR) is 53.9 cm³/mol. The van der Waals surface area contributed by atoms with Crippen molar-refractivity contribution in [2.45, 2.75) is 12.5 Å². The molecule has 1 fully saturated rings. The maximum absolute atomic E-state index is 11.6. The normalized spacial score (nSPS) is 20.4. The SMILES string of the molecule is N#Cc1ncccc1N1CC(N)CC1=O. The molecule has 1 aliphatic heterocycles. The molecule has 0 spiro atoms. The molecule has 1 aromatic rings. The molecule has 2 heterocycles. The fourth-order valence-corrected chi connectivity index (χ4v) is 1.67. The second kappa shape index (κ2) is 3.67. The van der Waals surface area contributed by atoms with Crippen LogP contribution >= 0.6 is 0 Å². The molecule has 0 bridgehead atoms. The van der Waals surface area contributed by atoms with Crippen LogP contribution in [0, 0.1) is 11.3 Å². The summed E-state index contributed by atoms with van der Waals surface area (Å²) >= 11 is 0. The third kappa shape index (κ3) is 1.67. The Morgan fingerprint density at radius 1 is 1.67 bits per heavy atom. The van der Waals surface area contributed by atoms with Crippen LogP contribution in [0.3, 0.4) is 0 Å². The molecule has 1 amide bonds. The summed E-state index contributed by atoms with van der Waals surface area (Å²) in [6.07, 6.45) is 1.86. The summed E-state index contributed by atoms with van der Waals surface area (Å²) in [5, 5.41) is 8.85. The first-order chi connectivity index (χ1) is 7.22. The summed E-state index contributed by atoms with van der Waals surface area (Å²) in [5.74, 6) is -0.0491. The van der Waals surface area contributed by atoms with E-state index in [1.165, 1.54) is 11.1 Å². The summed E-state index contributed by atoms with van der Waals surface area (Å²) in [6, 6.07) is 5.22. The van der Waals surface area contributed by atoms with Gasteiger partial charge >= 0.3 is 0 Å². The number of rotatable bonds is 1. The van der Waals surface area contributed by atoms with Gasteiger partial charge in [-0.05, 0) is 12.1 Å². The van der Waals surface area contributed by atoms with Gasteiger partial charge in [0.05, 0.1) is 5.69 Å². The third-order valence-corrected chi connectivity index (χ3v) is 2.34. The molecule has 15 heavy (non-hydrogen) atoms. The molecular weight excluding hydrogens is 192 g/mol. The molecule has 0 aromatic carbocycles. The molecule has 76 valence electrons. The molecule has 1 atom stereocenters. The lowest BCUT2D eigenvalue weighted by atomic mass is 10.3. The number of anilines is 1. The Morgan fingerprint density at radius 2 is 2.47 bits per heavy atom. The molecule has 1 aromatic heterocycles. The molecule has 0 radical (unpaired) electrons. The van der Waals surface area contributed by atoms with E-state index >= 15 is 0 Å². The van der Waals surface area contributed by atoms with E-state index < -0.39 is 0 Å². The number of hydrogen-bond donors (Lipinski definition) is 1. The van der Waals surface area contributed by atoms with E-state index in [4.69, 9.17) is 11.0 Å². The van der Waals surface area contributed by atoms with Crippen LogP contribution in [0.4, 0.5) is 5.69 Å². The standard InChI is InChI=1S/C10H10N4O/c11-5-8-9(2-1-3-13-8)14-6-7(12)4-10(14)15/h1-3,7H,4,6,12H2. The van der Waals surface area contributed by atoms with Gasteiger partial charge in [0.1, 0.15) is 6.07 Å². The predicted octanol–water partition coefficient (Wildman–Crippen LogP) is 0.0173. The largest absolute Gasteiger partial charge is 0.326 e. The van der Waals surface area contributed by atoms with E-state index in [0.717, 1.165) is 0 Å². The van der Waals surface area contributed by atoms with Crippen molar-refractivity contribution in [3.05, 3.63) is 24.0 Å². The Kier molecular flexibility index (Phi) is 2.35. The van der Waals surface area contributed by atoms with Crippen LogP contribution in [0.15, 0.2) is 18.3 Å². The number of aromatic nitrogens is 1. The second-order valence-corrected chi connectivity index (χ2v) is 3.45. The summed E-state index contributed by atoms with van der Waals surface area (Å²) in [7, 11) is 0. The molecule has 1 unspecified atom stereocenters. The van der Waals surface area contributed by atoms with Crippen LogP contribution in [-0.4, -0.2) is 23.5 Å². The molecule has 2 N–H and O–H groups in total. The van der Waals surface area contributed by atoms with Crippen molar-refractivity contribution >= 4 is 11.6 Å². The van der Waals surface area contributed by atoms with E-state index in [-0.39, 0.29) is 17.6 Å². The number of pyridine rings is 1. The zero-order chi connectivity index (χ0) is 10.8. The molecule has 2 rings (SSSR count). The lowest BCUT2D eigenvalue weighted by molar-refractivity contribution is -0.117. The highest BCUT2D eigenvalue weighted by molar-refractivity contribution is 5.97. The van der Waals surface area contributed by atoms with Crippen LogP contribution < -0.4 is 10.6 Å². The van der Waals surface area contributed by atoms with Gasteiger partial charge in [-0.15, -0.1) is 0 Å². The topological polar surface area (TPSA) is 83.0 Å². The number of nitriles is 1. The van der Waals surface area contributed by atoms with Crippen LogP contribution in [0.5, 0.6) is 0 Å².